The lowest BCUT2D eigenvalue weighted by molar-refractivity contribution is -0.165. The molecule has 28 heavy (non-hydrogen) atoms. The minimum atomic E-state index is -3.85. The Morgan fingerprint density at radius 2 is 1.89 bits per heavy atom. The molecule has 2 N–H and O–H groups in total. The molecule has 0 aromatic rings. The van der Waals surface area contributed by atoms with Crippen LogP contribution in [0.25, 0.3) is 0 Å². The molecule has 11 heteroatoms. The van der Waals surface area contributed by atoms with E-state index in [9.17, 15) is 19.3 Å². The quantitative estimate of drug-likeness (QED) is 0.340. The molecule has 0 spiro atoms. The monoisotopic (exact) mass is 424 g/mol. The smallest absolute Gasteiger partial charge is 0.466 e. The lowest BCUT2D eigenvalue weighted by Gasteiger charge is -2.36. The van der Waals surface area contributed by atoms with Crippen molar-refractivity contribution < 1.29 is 42.3 Å². The fraction of sp³-hybridized carbons (Fsp3) is 0.824. The molecule has 1 fully saturated rings. The van der Waals surface area contributed by atoms with Crippen molar-refractivity contribution in [2.75, 3.05) is 26.6 Å². The summed E-state index contributed by atoms with van der Waals surface area (Å²) in [7, 11) is -3.85. The molecule has 10 nitrogen and oxygen atoms in total. The first-order valence-corrected chi connectivity index (χ1v) is 10.5. The normalized spacial score (nSPS) is 24.3. The summed E-state index contributed by atoms with van der Waals surface area (Å²) >= 11 is 0. The van der Waals surface area contributed by atoms with Crippen LogP contribution in [0.2, 0.25) is 0 Å². The fourth-order valence-electron chi connectivity index (χ4n) is 2.08. The van der Waals surface area contributed by atoms with Gasteiger partial charge in [-0.25, -0.2) is 0 Å². The van der Waals surface area contributed by atoms with Gasteiger partial charge in [0.2, 0.25) is 6.79 Å². The van der Waals surface area contributed by atoms with Crippen molar-refractivity contribution >= 4 is 26.0 Å². The molecular weight excluding hydrogens is 393 g/mol. The maximum atomic E-state index is 12.5. The number of esters is 2. The minimum Gasteiger partial charge on any atom is -0.466 e. The number of amides is 1. The Labute approximate surface area is 165 Å². The summed E-state index contributed by atoms with van der Waals surface area (Å²) < 4.78 is 25.5. The van der Waals surface area contributed by atoms with Crippen molar-refractivity contribution in [3.8, 4) is 0 Å². The molecule has 162 valence electrons. The SMILES string of the molecule is CCOC(=O)CCNC(=O)[C@@H]1O[P+](O)(OCOC(=O)C(C)(C)C)OCC1(C)C. The van der Waals surface area contributed by atoms with Gasteiger partial charge in [0.05, 0.1) is 18.4 Å². The highest BCUT2D eigenvalue weighted by molar-refractivity contribution is 7.55. The second-order valence-corrected chi connectivity index (χ2v) is 9.66. The number of nitrogens with one attached hydrogen (secondary N) is 1. The molecule has 2 atom stereocenters. The molecule has 1 saturated heterocycles. The molecule has 0 aromatic heterocycles. The van der Waals surface area contributed by atoms with Crippen LogP contribution in [-0.2, 0) is 37.4 Å². The van der Waals surface area contributed by atoms with Gasteiger partial charge in [-0.15, -0.1) is 9.05 Å². The van der Waals surface area contributed by atoms with Crippen molar-refractivity contribution in [3.63, 3.8) is 0 Å². The van der Waals surface area contributed by atoms with Gasteiger partial charge < -0.3 is 14.8 Å². The van der Waals surface area contributed by atoms with Crippen molar-refractivity contribution in [1.82, 2.24) is 5.32 Å². The Balaban J connectivity index is 2.61. The number of hydrogen-bond donors (Lipinski definition) is 2. The standard InChI is InChI=1S/C17H30NO9P/c1-7-23-12(19)8-9-18-14(20)13-17(5,6)10-25-28(22,27-13)26-11-24-15(21)16(2,3)4/h13,22H,7-11H2,1-6H3/p+1/t13-,28?/m0/s1. The molecule has 1 aliphatic rings. The van der Waals surface area contributed by atoms with Crippen LogP contribution in [0.5, 0.6) is 0 Å². The summed E-state index contributed by atoms with van der Waals surface area (Å²) in [5.41, 5.74) is -1.49. The summed E-state index contributed by atoms with van der Waals surface area (Å²) in [5.74, 6) is -1.47. The maximum Gasteiger partial charge on any atom is 0.576 e. The summed E-state index contributed by atoms with van der Waals surface area (Å²) in [5, 5.41) is 2.57. The lowest BCUT2D eigenvalue weighted by atomic mass is 9.87. The third kappa shape index (κ3) is 7.60. The van der Waals surface area contributed by atoms with Crippen LogP contribution >= 0.6 is 8.17 Å². The molecule has 1 aliphatic heterocycles. The van der Waals surface area contributed by atoms with Crippen LogP contribution in [0.15, 0.2) is 0 Å². The van der Waals surface area contributed by atoms with Gasteiger partial charge in [-0.05, 0) is 27.7 Å². The summed E-state index contributed by atoms with van der Waals surface area (Å²) in [4.78, 5) is 46.0. The van der Waals surface area contributed by atoms with Gasteiger partial charge >= 0.3 is 20.1 Å². The first-order chi connectivity index (χ1) is 12.8. The zero-order chi connectivity index (χ0) is 21.6. The molecule has 0 radical (unpaired) electrons. The van der Waals surface area contributed by atoms with E-state index < -0.39 is 49.7 Å². The molecule has 1 rings (SSSR count). The van der Waals surface area contributed by atoms with Gasteiger partial charge in [-0.2, -0.15) is 9.42 Å². The van der Waals surface area contributed by atoms with E-state index in [1.54, 1.807) is 41.5 Å². The van der Waals surface area contributed by atoms with E-state index in [4.69, 9.17) is 23.0 Å². The van der Waals surface area contributed by atoms with E-state index in [-0.39, 0.29) is 26.2 Å². The summed E-state index contributed by atoms with van der Waals surface area (Å²) in [6.45, 7) is 9.91. The van der Waals surface area contributed by atoms with Crippen LogP contribution in [0.1, 0.15) is 48.0 Å². The highest BCUT2D eigenvalue weighted by Crippen LogP contribution is 2.63. The molecule has 1 amide bonds. The highest BCUT2D eigenvalue weighted by Gasteiger charge is 2.59. The van der Waals surface area contributed by atoms with E-state index in [1.807, 2.05) is 0 Å². The van der Waals surface area contributed by atoms with Gasteiger partial charge in [0.15, 0.2) is 6.10 Å². The van der Waals surface area contributed by atoms with Gasteiger partial charge in [0.1, 0.15) is 6.61 Å². The van der Waals surface area contributed by atoms with E-state index >= 15 is 0 Å². The number of rotatable bonds is 8. The van der Waals surface area contributed by atoms with Gasteiger partial charge in [-0.1, -0.05) is 13.8 Å². The lowest BCUT2D eigenvalue weighted by Crippen LogP contribution is -2.50. The Morgan fingerprint density at radius 1 is 1.25 bits per heavy atom. The zero-order valence-corrected chi connectivity index (χ0v) is 18.2. The number of carbonyl (C=O) groups excluding carboxylic acids is 3. The van der Waals surface area contributed by atoms with Crippen molar-refractivity contribution in [2.24, 2.45) is 10.8 Å². The van der Waals surface area contributed by atoms with E-state index in [2.05, 4.69) is 5.32 Å². The number of hydrogen-bond acceptors (Lipinski definition) is 9. The van der Waals surface area contributed by atoms with Crippen LogP contribution in [0, 0.1) is 10.8 Å². The minimum absolute atomic E-state index is 0.0134. The first-order valence-electron chi connectivity index (χ1n) is 9.00. The molecule has 1 unspecified atom stereocenters. The Kier molecular flexibility index (Phi) is 8.77. The van der Waals surface area contributed by atoms with Crippen molar-refractivity contribution in [1.29, 1.82) is 0 Å². The van der Waals surface area contributed by atoms with Gasteiger partial charge in [0, 0.05) is 12.0 Å². The summed E-state index contributed by atoms with van der Waals surface area (Å²) in [6.07, 6.45) is -1.07. The Bertz CT molecular complexity index is 575. The molecule has 0 aliphatic carbocycles. The Morgan fingerprint density at radius 3 is 2.46 bits per heavy atom. The average Bonchev–Trinajstić information content (AvgIpc) is 2.56. The molecular formula is C17H31NO9P+. The third-order valence-corrected chi connectivity index (χ3v) is 5.10. The van der Waals surface area contributed by atoms with E-state index in [1.165, 1.54) is 0 Å². The topological polar surface area (TPSA) is 130 Å². The average molecular weight is 424 g/mol. The highest BCUT2D eigenvalue weighted by atomic mass is 31.2. The summed E-state index contributed by atoms with van der Waals surface area (Å²) in [6, 6.07) is 0. The number of carbonyl (C=O) groups is 3. The van der Waals surface area contributed by atoms with Crippen LogP contribution in [0.3, 0.4) is 0 Å². The van der Waals surface area contributed by atoms with Crippen LogP contribution < -0.4 is 5.32 Å². The molecule has 0 bridgehead atoms. The molecule has 1 heterocycles. The van der Waals surface area contributed by atoms with E-state index in [0.29, 0.717) is 0 Å². The first kappa shape index (κ1) is 24.7. The van der Waals surface area contributed by atoms with Crippen molar-refractivity contribution in [2.45, 2.75) is 54.1 Å². The Hall–Kier alpha value is -1.32. The van der Waals surface area contributed by atoms with E-state index in [0.717, 1.165) is 0 Å². The molecule has 0 saturated carbocycles. The zero-order valence-electron chi connectivity index (χ0n) is 17.3. The van der Waals surface area contributed by atoms with Crippen LogP contribution in [0.4, 0.5) is 0 Å². The second kappa shape index (κ2) is 9.93. The largest absolute Gasteiger partial charge is 0.576 e. The van der Waals surface area contributed by atoms with Gasteiger partial charge in [0.25, 0.3) is 5.91 Å². The van der Waals surface area contributed by atoms with Crippen LogP contribution in [-0.4, -0.2) is 55.4 Å². The van der Waals surface area contributed by atoms with Crippen molar-refractivity contribution in [3.05, 3.63) is 0 Å². The molecule has 0 aromatic carbocycles. The predicted molar refractivity (Wildman–Crippen MR) is 99.5 cm³/mol. The predicted octanol–water partition coefficient (Wildman–Crippen LogP) is 1.73. The maximum absolute atomic E-state index is 12.5. The second-order valence-electron chi connectivity index (χ2n) is 7.99. The van der Waals surface area contributed by atoms with Gasteiger partial charge in [-0.3, -0.25) is 14.4 Å². The third-order valence-electron chi connectivity index (χ3n) is 3.74. The fourth-order valence-corrected chi connectivity index (χ4v) is 3.60. The number of ether oxygens (including phenoxy) is 2.